The van der Waals surface area contributed by atoms with E-state index in [1.165, 1.54) is 14.2 Å². The predicted octanol–water partition coefficient (Wildman–Crippen LogP) is 0.669. The summed E-state index contributed by atoms with van der Waals surface area (Å²) in [6.45, 7) is 5.68. The van der Waals surface area contributed by atoms with E-state index in [-0.39, 0.29) is 6.54 Å². The highest BCUT2D eigenvalue weighted by Gasteiger charge is 2.34. The van der Waals surface area contributed by atoms with Crippen molar-refractivity contribution in [1.82, 2.24) is 15.5 Å². The molecule has 2 atom stereocenters. The van der Waals surface area contributed by atoms with Crippen LogP contribution in [0.15, 0.2) is 24.3 Å². The summed E-state index contributed by atoms with van der Waals surface area (Å²) in [5.74, 6) is -1.98. The molecule has 0 spiro atoms. The predicted molar refractivity (Wildman–Crippen MR) is 112 cm³/mol. The van der Waals surface area contributed by atoms with Gasteiger partial charge in [-0.25, -0.2) is 4.79 Å². The van der Waals surface area contributed by atoms with Gasteiger partial charge in [0, 0.05) is 7.05 Å². The molecule has 10 nitrogen and oxygen atoms in total. The van der Waals surface area contributed by atoms with Crippen LogP contribution in [0, 0.1) is 6.92 Å². The molecular weight excluding hydrogens is 406 g/mol. The van der Waals surface area contributed by atoms with Crippen LogP contribution in [0.25, 0.3) is 0 Å². The fourth-order valence-corrected chi connectivity index (χ4v) is 2.76. The first-order valence-electron chi connectivity index (χ1n) is 9.68. The maximum atomic E-state index is 13.0. The van der Waals surface area contributed by atoms with Crippen molar-refractivity contribution in [2.75, 3.05) is 27.3 Å². The molecule has 0 radical (unpaired) electrons. The Bertz CT molecular complexity index is 804. The minimum Gasteiger partial charge on any atom is -0.468 e. The van der Waals surface area contributed by atoms with E-state index < -0.39 is 48.2 Å². The molecule has 0 saturated carbocycles. The van der Waals surface area contributed by atoms with Gasteiger partial charge in [-0.3, -0.25) is 14.4 Å². The topological polar surface area (TPSA) is 134 Å². The monoisotopic (exact) mass is 437 g/mol. The molecule has 0 saturated heterocycles. The minimum absolute atomic E-state index is 0.376. The average Bonchev–Trinajstić information content (AvgIpc) is 2.69. The zero-order valence-electron chi connectivity index (χ0n) is 18.7. The van der Waals surface area contributed by atoms with Crippen molar-refractivity contribution < 1.29 is 33.8 Å². The van der Waals surface area contributed by atoms with E-state index in [0.29, 0.717) is 5.56 Å². The third-order valence-electron chi connectivity index (χ3n) is 4.27. The zero-order chi connectivity index (χ0) is 23.8. The lowest BCUT2D eigenvalue weighted by Gasteiger charge is -2.31. The van der Waals surface area contributed by atoms with E-state index in [4.69, 9.17) is 4.74 Å². The van der Waals surface area contributed by atoms with Crippen molar-refractivity contribution in [3.8, 4) is 0 Å². The van der Waals surface area contributed by atoms with Crippen molar-refractivity contribution in [3.05, 3.63) is 35.4 Å². The van der Waals surface area contributed by atoms with Crippen LogP contribution in [0.4, 0.5) is 4.79 Å². The number of carbonyl (C=O) groups is 4. The Morgan fingerprint density at radius 3 is 2.29 bits per heavy atom. The molecule has 0 aliphatic heterocycles. The van der Waals surface area contributed by atoms with Gasteiger partial charge in [0.1, 0.15) is 24.2 Å². The van der Waals surface area contributed by atoms with E-state index >= 15 is 0 Å². The maximum absolute atomic E-state index is 13.0. The lowest BCUT2D eigenvalue weighted by molar-refractivity contribution is -0.144. The number of methoxy groups -OCH3 is 1. The first kappa shape index (κ1) is 25.9. The number of hydrogen-bond acceptors (Lipinski definition) is 7. The van der Waals surface area contributed by atoms with Crippen LogP contribution in [-0.4, -0.2) is 72.8 Å². The Labute approximate surface area is 181 Å². The third kappa shape index (κ3) is 7.89. The van der Waals surface area contributed by atoms with E-state index in [2.05, 4.69) is 15.4 Å². The van der Waals surface area contributed by atoms with Crippen molar-refractivity contribution in [2.24, 2.45) is 0 Å². The number of aliphatic hydroxyl groups excluding tert-OH is 1. The third-order valence-corrected chi connectivity index (χ3v) is 4.27. The molecule has 0 aliphatic rings. The molecule has 3 N–H and O–H groups in total. The second-order valence-corrected chi connectivity index (χ2v) is 7.88. The number of amides is 3. The normalized spacial score (nSPS) is 12.9. The molecule has 10 heteroatoms. The van der Waals surface area contributed by atoms with Crippen LogP contribution >= 0.6 is 0 Å². The lowest BCUT2D eigenvalue weighted by atomic mass is 9.98. The highest BCUT2D eigenvalue weighted by molar-refractivity contribution is 5.93. The number of nitrogens with zero attached hydrogens (tertiary/aromatic N) is 1. The van der Waals surface area contributed by atoms with Crippen LogP contribution in [-0.2, 0) is 23.9 Å². The summed E-state index contributed by atoms with van der Waals surface area (Å²) in [5, 5.41) is 14.4. The Morgan fingerprint density at radius 1 is 1.16 bits per heavy atom. The number of aryl methyl sites for hydroxylation is 1. The summed E-state index contributed by atoms with van der Waals surface area (Å²) < 4.78 is 9.65. The molecule has 31 heavy (non-hydrogen) atoms. The minimum atomic E-state index is -1.33. The van der Waals surface area contributed by atoms with Crippen LogP contribution in [0.1, 0.15) is 37.9 Å². The summed E-state index contributed by atoms with van der Waals surface area (Å²) in [6, 6.07) is 4.49. The molecule has 1 aromatic carbocycles. The molecule has 0 heterocycles. The van der Waals surface area contributed by atoms with Gasteiger partial charge in [0.05, 0.1) is 13.7 Å². The van der Waals surface area contributed by atoms with Crippen LogP contribution < -0.4 is 10.6 Å². The molecule has 1 aromatic rings. The largest absolute Gasteiger partial charge is 0.468 e. The lowest BCUT2D eigenvalue weighted by Crippen LogP contribution is -2.53. The van der Waals surface area contributed by atoms with Crippen molar-refractivity contribution >= 4 is 23.9 Å². The fourth-order valence-electron chi connectivity index (χ4n) is 2.76. The van der Waals surface area contributed by atoms with Gasteiger partial charge >= 0.3 is 12.1 Å². The Kier molecular flexibility index (Phi) is 9.44. The molecule has 0 bridgehead atoms. The van der Waals surface area contributed by atoms with Gasteiger partial charge in [0.15, 0.2) is 0 Å². The number of alkyl carbamates (subject to hydrolysis) is 1. The first-order valence-corrected chi connectivity index (χ1v) is 9.68. The number of likely N-dealkylation sites (N-methyl/N-ethyl adjacent to an activating group) is 1. The first-order chi connectivity index (χ1) is 14.4. The van der Waals surface area contributed by atoms with E-state index in [1.54, 1.807) is 52.0 Å². The van der Waals surface area contributed by atoms with E-state index in [1.807, 2.05) is 0 Å². The standard InChI is InChI=1S/C21H31N3O7/c1-13-9-7-8-10-14(13)17(18(27)22-11-16(26)30-6)24(5)19(28)15(12-25)23-20(29)31-21(2,3)4/h7-10,15,17,25H,11-12H2,1-6H3,(H,22,27)(H,23,29). The molecule has 2 unspecified atom stereocenters. The Morgan fingerprint density at radius 2 is 1.77 bits per heavy atom. The number of carbonyl (C=O) groups excluding carboxylic acids is 4. The van der Waals surface area contributed by atoms with Crippen LogP contribution in [0.2, 0.25) is 0 Å². The number of rotatable bonds is 8. The van der Waals surface area contributed by atoms with Gasteiger partial charge < -0.3 is 30.1 Å². The van der Waals surface area contributed by atoms with Crippen LogP contribution in [0.3, 0.4) is 0 Å². The van der Waals surface area contributed by atoms with Crippen molar-refractivity contribution in [1.29, 1.82) is 0 Å². The average molecular weight is 437 g/mol. The van der Waals surface area contributed by atoms with Gasteiger partial charge in [0.2, 0.25) is 11.8 Å². The summed E-state index contributed by atoms with van der Waals surface area (Å²) in [5.41, 5.74) is 0.465. The smallest absolute Gasteiger partial charge is 0.408 e. The Balaban J connectivity index is 3.14. The molecule has 172 valence electrons. The molecule has 0 aliphatic carbocycles. The zero-order valence-corrected chi connectivity index (χ0v) is 18.7. The quantitative estimate of drug-likeness (QED) is 0.509. The highest BCUT2D eigenvalue weighted by Crippen LogP contribution is 2.24. The maximum Gasteiger partial charge on any atom is 0.408 e. The second-order valence-electron chi connectivity index (χ2n) is 7.88. The molecule has 0 aromatic heterocycles. The Hall–Kier alpha value is -3.14. The van der Waals surface area contributed by atoms with Gasteiger partial charge in [0.25, 0.3) is 0 Å². The van der Waals surface area contributed by atoms with Gasteiger partial charge in [-0.05, 0) is 38.8 Å². The summed E-state index contributed by atoms with van der Waals surface area (Å²) in [6.07, 6.45) is -0.879. The van der Waals surface area contributed by atoms with E-state index in [0.717, 1.165) is 10.5 Å². The van der Waals surface area contributed by atoms with Gasteiger partial charge in [-0.2, -0.15) is 0 Å². The second kappa shape index (κ2) is 11.3. The SMILES string of the molecule is COC(=O)CNC(=O)C(c1ccccc1C)N(C)C(=O)C(CO)NC(=O)OC(C)(C)C. The number of ether oxygens (including phenoxy) is 2. The number of benzene rings is 1. The number of hydrogen-bond donors (Lipinski definition) is 3. The number of aliphatic hydroxyl groups is 1. The van der Waals surface area contributed by atoms with Crippen LogP contribution in [0.5, 0.6) is 0 Å². The van der Waals surface area contributed by atoms with Gasteiger partial charge in [-0.15, -0.1) is 0 Å². The fraction of sp³-hybridized carbons (Fsp3) is 0.524. The van der Waals surface area contributed by atoms with Crippen molar-refractivity contribution in [2.45, 2.75) is 45.4 Å². The molecule has 1 rings (SSSR count). The summed E-state index contributed by atoms with van der Waals surface area (Å²) in [4.78, 5) is 50.5. The summed E-state index contributed by atoms with van der Waals surface area (Å²) >= 11 is 0. The van der Waals surface area contributed by atoms with Gasteiger partial charge in [-0.1, -0.05) is 24.3 Å². The summed E-state index contributed by atoms with van der Waals surface area (Å²) in [7, 11) is 2.56. The molecule has 3 amide bonds. The number of nitrogens with one attached hydrogen (secondary N) is 2. The highest BCUT2D eigenvalue weighted by atomic mass is 16.6. The molecular formula is C21H31N3O7. The van der Waals surface area contributed by atoms with E-state index in [9.17, 15) is 24.3 Å². The number of esters is 1. The van der Waals surface area contributed by atoms with Crippen molar-refractivity contribution in [3.63, 3.8) is 0 Å². The molecule has 0 fully saturated rings.